The molecule has 0 radical (unpaired) electrons. The van der Waals surface area contributed by atoms with E-state index < -0.39 is 12.1 Å². The van der Waals surface area contributed by atoms with Crippen LogP contribution in [0.3, 0.4) is 0 Å². The van der Waals surface area contributed by atoms with Crippen LogP contribution in [0.25, 0.3) is 11.5 Å². The Balaban J connectivity index is 1.30. The Kier molecular flexibility index (Phi) is 8.46. The Hall–Kier alpha value is -3.86. The molecule has 2 aliphatic rings. The van der Waals surface area contributed by atoms with Crippen molar-refractivity contribution in [2.24, 2.45) is 0 Å². The van der Waals surface area contributed by atoms with Gasteiger partial charge in [-0.25, -0.2) is 9.97 Å². The Labute approximate surface area is 249 Å². The van der Waals surface area contributed by atoms with Gasteiger partial charge in [-0.3, -0.25) is 9.59 Å². The molecule has 4 heterocycles. The minimum Gasteiger partial charge on any atom is -0.445 e. The predicted molar refractivity (Wildman–Crippen MR) is 160 cm³/mol. The zero-order valence-corrected chi connectivity index (χ0v) is 24.3. The first-order chi connectivity index (χ1) is 20.5. The maximum Gasteiger partial charge on any atom is 0.254 e. The number of benzene rings is 2. The molecule has 2 aromatic carbocycles. The van der Waals surface area contributed by atoms with Gasteiger partial charge in [0.1, 0.15) is 11.3 Å². The average molecular weight is 586 g/mol. The van der Waals surface area contributed by atoms with Crippen molar-refractivity contribution in [3.05, 3.63) is 93.8 Å². The third-order valence-corrected chi connectivity index (χ3v) is 9.16. The summed E-state index contributed by atoms with van der Waals surface area (Å²) in [7, 11) is 0. The molecule has 42 heavy (non-hydrogen) atoms. The Bertz CT molecular complexity index is 1520. The van der Waals surface area contributed by atoms with E-state index in [1.807, 2.05) is 47.5 Å². The summed E-state index contributed by atoms with van der Waals surface area (Å²) < 4.78 is 5.55. The molecule has 2 aliphatic heterocycles. The van der Waals surface area contributed by atoms with E-state index in [1.165, 1.54) is 12.5 Å². The molecule has 6 rings (SSSR count). The molecule has 0 aliphatic carbocycles. The number of hydrogen-bond donors (Lipinski definition) is 3. The Morgan fingerprint density at radius 3 is 2.71 bits per heavy atom. The topological polar surface area (TPSA) is 121 Å². The second kappa shape index (κ2) is 12.6. The van der Waals surface area contributed by atoms with Crippen molar-refractivity contribution in [1.82, 2.24) is 25.5 Å². The molecule has 0 spiro atoms. The van der Waals surface area contributed by atoms with Crippen molar-refractivity contribution in [3.63, 3.8) is 0 Å². The maximum atomic E-state index is 14.0. The molecule has 4 aromatic rings. The first kappa shape index (κ1) is 28.3. The number of carbonyl (C=O) groups excluding carboxylic acids is 2. The molecule has 2 fully saturated rings. The van der Waals surface area contributed by atoms with Crippen LogP contribution in [0.1, 0.15) is 68.7 Å². The Morgan fingerprint density at radius 1 is 1.17 bits per heavy atom. The lowest BCUT2D eigenvalue weighted by molar-refractivity contribution is 0.0733. The summed E-state index contributed by atoms with van der Waals surface area (Å²) in [6, 6.07) is 14.1. The van der Waals surface area contributed by atoms with Crippen LogP contribution in [0.15, 0.2) is 70.8 Å². The molecule has 3 N–H and O–H groups in total. The highest BCUT2D eigenvalue weighted by molar-refractivity contribution is 7.09. The lowest BCUT2D eigenvalue weighted by Gasteiger charge is -2.29. The summed E-state index contributed by atoms with van der Waals surface area (Å²) in [4.78, 5) is 38.6. The minimum absolute atomic E-state index is 0.0943. The molecule has 218 valence electrons. The Morgan fingerprint density at radius 2 is 2.00 bits per heavy atom. The molecule has 2 saturated heterocycles. The summed E-state index contributed by atoms with van der Waals surface area (Å²) in [5, 5.41) is 20.7. The highest BCUT2D eigenvalue weighted by atomic mass is 32.1. The largest absolute Gasteiger partial charge is 0.445 e. The third-order valence-electron chi connectivity index (χ3n) is 8.09. The van der Waals surface area contributed by atoms with E-state index in [4.69, 9.17) is 4.42 Å². The van der Waals surface area contributed by atoms with Crippen LogP contribution >= 0.6 is 11.3 Å². The highest BCUT2D eigenvalue weighted by Crippen LogP contribution is 2.35. The van der Waals surface area contributed by atoms with E-state index >= 15 is 0 Å². The highest BCUT2D eigenvalue weighted by Gasteiger charge is 2.34. The van der Waals surface area contributed by atoms with E-state index in [0.717, 1.165) is 48.5 Å². The number of rotatable bonds is 9. The van der Waals surface area contributed by atoms with Crippen LogP contribution in [-0.4, -0.2) is 63.1 Å². The van der Waals surface area contributed by atoms with Gasteiger partial charge < -0.3 is 25.1 Å². The number of aliphatic hydroxyl groups excluding tert-OH is 1. The van der Waals surface area contributed by atoms with Gasteiger partial charge in [-0.15, -0.1) is 11.3 Å². The zero-order valence-electron chi connectivity index (χ0n) is 23.5. The summed E-state index contributed by atoms with van der Waals surface area (Å²) in [6.07, 6.45) is 6.25. The SMILES string of the molecule is Cc1csc(C2CCCN2C(=O)c2cc(C(=O)N[C@@H](Cc3ccccc3)[C@H](O)C3CCCN3)cc(-c3ncco3)c2)n1. The molecule has 2 aromatic heterocycles. The van der Waals surface area contributed by atoms with Gasteiger partial charge >= 0.3 is 0 Å². The van der Waals surface area contributed by atoms with Crippen molar-refractivity contribution in [3.8, 4) is 11.5 Å². The first-order valence-electron chi connectivity index (χ1n) is 14.5. The summed E-state index contributed by atoms with van der Waals surface area (Å²) >= 11 is 1.57. The van der Waals surface area contributed by atoms with E-state index in [9.17, 15) is 14.7 Å². The van der Waals surface area contributed by atoms with Gasteiger partial charge in [-0.2, -0.15) is 0 Å². The van der Waals surface area contributed by atoms with E-state index in [1.54, 1.807) is 29.5 Å². The van der Waals surface area contributed by atoms with Crippen LogP contribution in [0, 0.1) is 6.92 Å². The number of thiazole rings is 1. The fourth-order valence-electron chi connectivity index (χ4n) is 5.99. The van der Waals surface area contributed by atoms with Crippen LogP contribution in [0.5, 0.6) is 0 Å². The molecule has 2 amide bonds. The predicted octanol–water partition coefficient (Wildman–Crippen LogP) is 4.54. The van der Waals surface area contributed by atoms with Gasteiger partial charge in [0, 0.05) is 40.4 Å². The fourth-order valence-corrected chi connectivity index (χ4v) is 6.93. The number of nitrogens with one attached hydrogen (secondary N) is 2. The smallest absolute Gasteiger partial charge is 0.254 e. The zero-order chi connectivity index (χ0) is 29.1. The summed E-state index contributed by atoms with van der Waals surface area (Å²) in [5.74, 6) is -0.212. The molecule has 10 heteroatoms. The average Bonchev–Trinajstić information content (AvgIpc) is 3.84. The number of oxazole rings is 1. The van der Waals surface area contributed by atoms with Gasteiger partial charge in [-0.1, -0.05) is 30.3 Å². The van der Waals surface area contributed by atoms with Gasteiger partial charge in [0.05, 0.1) is 24.4 Å². The monoisotopic (exact) mass is 585 g/mol. The maximum absolute atomic E-state index is 14.0. The lowest BCUT2D eigenvalue weighted by atomic mass is 9.95. The summed E-state index contributed by atoms with van der Waals surface area (Å²) in [5.41, 5.74) is 3.18. The normalized spacial score (nSPS) is 20.0. The molecule has 0 saturated carbocycles. The molecule has 4 atom stereocenters. The summed E-state index contributed by atoms with van der Waals surface area (Å²) in [6.45, 7) is 3.42. The van der Waals surface area contributed by atoms with Crippen molar-refractivity contribution < 1.29 is 19.1 Å². The van der Waals surface area contributed by atoms with Crippen LogP contribution in [-0.2, 0) is 6.42 Å². The minimum atomic E-state index is -0.778. The van der Waals surface area contributed by atoms with Crippen molar-refractivity contribution >= 4 is 23.2 Å². The van der Waals surface area contributed by atoms with Gasteiger partial charge in [0.2, 0.25) is 5.89 Å². The van der Waals surface area contributed by atoms with Gasteiger partial charge in [-0.05, 0) is 69.3 Å². The second-order valence-electron chi connectivity index (χ2n) is 11.1. The number of hydrogen-bond acceptors (Lipinski definition) is 8. The van der Waals surface area contributed by atoms with E-state index in [-0.39, 0.29) is 23.9 Å². The van der Waals surface area contributed by atoms with Crippen molar-refractivity contribution in [2.75, 3.05) is 13.1 Å². The molecule has 0 bridgehead atoms. The second-order valence-corrected chi connectivity index (χ2v) is 12.0. The third kappa shape index (κ3) is 6.16. The van der Waals surface area contributed by atoms with Crippen LogP contribution < -0.4 is 10.6 Å². The molecular weight excluding hydrogens is 550 g/mol. The number of nitrogens with zero attached hydrogens (tertiary/aromatic N) is 3. The number of carbonyl (C=O) groups is 2. The number of likely N-dealkylation sites (tertiary alicyclic amines) is 1. The van der Waals surface area contributed by atoms with Gasteiger partial charge in [0.25, 0.3) is 11.8 Å². The standard InChI is InChI=1S/C32H35N5O4S/c1-20-19-42-31(35-20)27-10-6-13-37(27)32(40)24-17-22(16-23(18-24)30-34-12-14-41-30)29(39)36-26(15-21-7-3-2-4-8-21)28(38)25-9-5-11-33-25/h2-4,7-8,12,14,16-19,25-28,33,38H,5-6,9-11,13,15H2,1H3,(H,36,39)/t25?,26-,27?,28+/m0/s1. The fraction of sp³-hybridized carbons (Fsp3) is 0.375. The lowest BCUT2D eigenvalue weighted by Crippen LogP contribution is -2.52. The molecular formula is C32H35N5O4S. The number of aryl methyl sites for hydroxylation is 1. The number of aromatic nitrogens is 2. The van der Waals surface area contributed by atoms with Crippen molar-refractivity contribution in [1.29, 1.82) is 0 Å². The first-order valence-corrected chi connectivity index (χ1v) is 15.4. The number of aliphatic hydroxyl groups is 1. The molecule has 2 unspecified atom stereocenters. The number of amides is 2. The van der Waals surface area contributed by atoms with E-state index in [2.05, 4.69) is 20.6 Å². The molecule has 9 nitrogen and oxygen atoms in total. The van der Waals surface area contributed by atoms with Crippen LogP contribution in [0.2, 0.25) is 0 Å². The van der Waals surface area contributed by atoms with Crippen molar-refractivity contribution in [2.45, 2.75) is 63.3 Å². The van der Waals surface area contributed by atoms with Gasteiger partial charge in [0.15, 0.2) is 0 Å². The van der Waals surface area contributed by atoms with Crippen LogP contribution in [0.4, 0.5) is 0 Å². The van der Waals surface area contributed by atoms with E-state index in [0.29, 0.717) is 35.5 Å². The quantitative estimate of drug-likeness (QED) is 0.264.